The summed E-state index contributed by atoms with van der Waals surface area (Å²) >= 11 is 1.62. The second-order valence-corrected chi connectivity index (χ2v) is 6.91. The zero-order valence-corrected chi connectivity index (χ0v) is 19.4. The molecule has 0 radical (unpaired) electrons. The average molecular weight is 544 g/mol. The van der Waals surface area contributed by atoms with E-state index in [1.165, 1.54) is 13.2 Å². The van der Waals surface area contributed by atoms with Crippen molar-refractivity contribution < 1.29 is 22.6 Å². The number of ether oxygens (including phenoxy) is 2. The van der Waals surface area contributed by atoms with E-state index in [1.807, 2.05) is 12.3 Å². The van der Waals surface area contributed by atoms with Crippen LogP contribution in [0.3, 0.4) is 0 Å². The molecule has 0 fully saturated rings. The number of aryl methyl sites for hydroxylation is 1. The third-order valence-corrected chi connectivity index (χ3v) is 4.47. The lowest BCUT2D eigenvalue weighted by atomic mass is 10.2. The number of alkyl halides is 3. The van der Waals surface area contributed by atoms with E-state index >= 15 is 0 Å². The number of nitrogens with zero attached hydrogens (tertiary/aromatic N) is 2. The van der Waals surface area contributed by atoms with Gasteiger partial charge in [0, 0.05) is 31.9 Å². The zero-order valence-electron chi connectivity index (χ0n) is 16.3. The summed E-state index contributed by atoms with van der Waals surface area (Å²) in [7, 11) is 3.05. The topological polar surface area (TPSA) is 67.8 Å². The summed E-state index contributed by atoms with van der Waals surface area (Å²) in [5, 5.41) is 9.41. The minimum Gasteiger partial charge on any atom is -0.493 e. The predicted molar refractivity (Wildman–Crippen MR) is 119 cm³/mol. The molecule has 0 unspecified atom stereocenters. The quantitative estimate of drug-likeness (QED) is 0.300. The van der Waals surface area contributed by atoms with Crippen molar-refractivity contribution in [2.24, 2.45) is 4.99 Å². The fraction of sp³-hybridized carbons (Fsp3) is 0.444. The van der Waals surface area contributed by atoms with E-state index in [2.05, 4.69) is 20.6 Å². The highest BCUT2D eigenvalue weighted by molar-refractivity contribution is 14.0. The molecule has 2 N–H and O–H groups in total. The molecule has 1 aromatic heterocycles. The van der Waals surface area contributed by atoms with Gasteiger partial charge in [-0.2, -0.15) is 13.2 Å². The number of halogens is 4. The van der Waals surface area contributed by atoms with Gasteiger partial charge in [0.1, 0.15) is 0 Å². The number of rotatable bonds is 8. The minimum absolute atomic E-state index is 0. The van der Waals surface area contributed by atoms with Gasteiger partial charge in [-0.1, -0.05) is 6.07 Å². The van der Waals surface area contributed by atoms with Crippen LogP contribution in [-0.2, 0) is 13.0 Å². The number of aromatic nitrogens is 1. The van der Waals surface area contributed by atoms with Crippen LogP contribution in [0, 0.1) is 6.92 Å². The monoisotopic (exact) mass is 544 g/mol. The van der Waals surface area contributed by atoms with Gasteiger partial charge in [-0.3, -0.25) is 4.99 Å². The molecule has 0 bridgehead atoms. The number of hydrogen-bond acceptors (Lipinski definition) is 5. The number of thiazole rings is 1. The molecular formula is C18H24F3IN4O2S. The molecule has 1 aromatic carbocycles. The van der Waals surface area contributed by atoms with Crippen molar-refractivity contribution in [3.05, 3.63) is 39.8 Å². The second-order valence-electron chi connectivity index (χ2n) is 5.85. The molecule has 0 aliphatic carbocycles. The highest BCUT2D eigenvalue weighted by Gasteiger charge is 2.29. The Hall–Kier alpha value is -1.76. The first-order chi connectivity index (χ1) is 13.3. The standard InChI is InChI=1S/C18H23F3N4O2S.HI/c1-12-25-14(10-28-12)6-7-23-17(22-2)24-9-13-4-5-15(16(8-13)26-3)27-11-18(19,20)21;/h4-5,8,10H,6-7,9,11H2,1-3H3,(H2,22,23,24);1H. The number of methoxy groups -OCH3 is 1. The van der Waals surface area contributed by atoms with Crippen LogP contribution in [0.4, 0.5) is 13.2 Å². The highest BCUT2D eigenvalue weighted by atomic mass is 127. The minimum atomic E-state index is -4.40. The Bertz CT molecular complexity index is 800. The van der Waals surface area contributed by atoms with Gasteiger partial charge in [0.05, 0.1) is 17.8 Å². The van der Waals surface area contributed by atoms with E-state index in [0.717, 1.165) is 22.7 Å². The summed E-state index contributed by atoms with van der Waals surface area (Å²) in [4.78, 5) is 8.56. The summed E-state index contributed by atoms with van der Waals surface area (Å²) in [6.07, 6.45) is -3.62. The van der Waals surface area contributed by atoms with Crippen molar-refractivity contribution >= 4 is 41.3 Å². The van der Waals surface area contributed by atoms with Crippen LogP contribution in [0.2, 0.25) is 0 Å². The van der Waals surface area contributed by atoms with Crippen molar-refractivity contribution in [3.8, 4) is 11.5 Å². The van der Waals surface area contributed by atoms with E-state index in [1.54, 1.807) is 30.5 Å². The molecular weight excluding hydrogens is 520 g/mol. The Balaban J connectivity index is 0.00000420. The molecule has 0 atom stereocenters. The van der Waals surface area contributed by atoms with Crippen LogP contribution in [0.1, 0.15) is 16.3 Å². The number of guanidine groups is 1. The van der Waals surface area contributed by atoms with Crippen LogP contribution < -0.4 is 20.1 Å². The normalized spacial score (nSPS) is 11.6. The second kappa shape index (κ2) is 12.1. The largest absolute Gasteiger partial charge is 0.493 e. The first-order valence-electron chi connectivity index (χ1n) is 8.52. The van der Waals surface area contributed by atoms with Crippen LogP contribution in [0.5, 0.6) is 11.5 Å². The molecule has 0 saturated heterocycles. The van der Waals surface area contributed by atoms with Crippen molar-refractivity contribution in [2.45, 2.75) is 26.1 Å². The summed E-state index contributed by atoms with van der Waals surface area (Å²) in [5.74, 6) is 0.901. The van der Waals surface area contributed by atoms with Gasteiger partial charge in [0.25, 0.3) is 0 Å². The van der Waals surface area contributed by atoms with Gasteiger partial charge < -0.3 is 20.1 Å². The van der Waals surface area contributed by atoms with Gasteiger partial charge in [-0.05, 0) is 24.6 Å². The van der Waals surface area contributed by atoms with Crippen molar-refractivity contribution in [1.29, 1.82) is 0 Å². The van der Waals surface area contributed by atoms with Crippen LogP contribution >= 0.6 is 35.3 Å². The summed E-state index contributed by atoms with van der Waals surface area (Å²) in [5.41, 5.74) is 1.85. The first-order valence-corrected chi connectivity index (χ1v) is 9.40. The molecule has 1 heterocycles. The van der Waals surface area contributed by atoms with Gasteiger partial charge >= 0.3 is 6.18 Å². The number of aliphatic imine (C=N–C) groups is 1. The fourth-order valence-corrected chi connectivity index (χ4v) is 2.99. The average Bonchev–Trinajstić information content (AvgIpc) is 3.07. The molecule has 0 amide bonds. The molecule has 29 heavy (non-hydrogen) atoms. The zero-order chi connectivity index (χ0) is 20.6. The Morgan fingerprint density at radius 2 is 2.00 bits per heavy atom. The predicted octanol–water partition coefficient (Wildman–Crippen LogP) is 3.93. The van der Waals surface area contributed by atoms with E-state index in [0.29, 0.717) is 19.0 Å². The molecule has 11 heteroatoms. The lowest BCUT2D eigenvalue weighted by Gasteiger charge is -2.15. The van der Waals surface area contributed by atoms with E-state index in [-0.39, 0.29) is 35.5 Å². The van der Waals surface area contributed by atoms with Gasteiger partial charge in [-0.25, -0.2) is 4.98 Å². The third kappa shape index (κ3) is 9.07. The van der Waals surface area contributed by atoms with E-state index in [4.69, 9.17) is 9.47 Å². The molecule has 0 spiro atoms. The van der Waals surface area contributed by atoms with Crippen LogP contribution in [-0.4, -0.2) is 44.4 Å². The van der Waals surface area contributed by atoms with Crippen LogP contribution in [0.15, 0.2) is 28.6 Å². The Morgan fingerprint density at radius 1 is 1.24 bits per heavy atom. The van der Waals surface area contributed by atoms with Crippen molar-refractivity contribution in [1.82, 2.24) is 15.6 Å². The highest BCUT2D eigenvalue weighted by Crippen LogP contribution is 2.29. The third-order valence-electron chi connectivity index (χ3n) is 3.64. The molecule has 0 saturated carbocycles. The van der Waals surface area contributed by atoms with E-state index in [9.17, 15) is 13.2 Å². The maximum atomic E-state index is 12.3. The van der Waals surface area contributed by atoms with Gasteiger partial charge in [0.15, 0.2) is 24.1 Å². The SMILES string of the molecule is CN=C(NCCc1csc(C)n1)NCc1ccc(OCC(F)(F)F)c(OC)c1.I. The number of hydrogen-bond donors (Lipinski definition) is 2. The molecule has 0 aliphatic rings. The summed E-state index contributed by atoms with van der Waals surface area (Å²) in [6.45, 7) is 1.70. The lowest BCUT2D eigenvalue weighted by molar-refractivity contribution is -0.153. The fourth-order valence-electron chi connectivity index (χ4n) is 2.34. The summed E-state index contributed by atoms with van der Waals surface area (Å²) < 4.78 is 46.9. The maximum absolute atomic E-state index is 12.3. The van der Waals surface area contributed by atoms with Gasteiger partial charge in [-0.15, -0.1) is 35.3 Å². The molecule has 2 aromatic rings. The van der Waals surface area contributed by atoms with E-state index < -0.39 is 12.8 Å². The maximum Gasteiger partial charge on any atom is 0.422 e. The lowest BCUT2D eigenvalue weighted by Crippen LogP contribution is -2.37. The molecule has 162 valence electrons. The van der Waals surface area contributed by atoms with Crippen LogP contribution in [0.25, 0.3) is 0 Å². The number of nitrogens with one attached hydrogen (secondary N) is 2. The molecule has 6 nitrogen and oxygen atoms in total. The Kier molecular flexibility index (Phi) is 10.5. The van der Waals surface area contributed by atoms with Crippen molar-refractivity contribution in [3.63, 3.8) is 0 Å². The summed E-state index contributed by atoms with van der Waals surface area (Å²) in [6, 6.07) is 4.76. The molecule has 2 rings (SSSR count). The van der Waals surface area contributed by atoms with Crippen molar-refractivity contribution in [2.75, 3.05) is 27.3 Å². The molecule has 0 aliphatic heterocycles. The number of benzene rings is 1. The Labute approximate surface area is 188 Å². The Morgan fingerprint density at radius 3 is 2.59 bits per heavy atom. The first kappa shape index (κ1) is 25.3. The van der Waals surface area contributed by atoms with Gasteiger partial charge in [0.2, 0.25) is 0 Å². The smallest absolute Gasteiger partial charge is 0.422 e.